The van der Waals surface area contributed by atoms with Crippen molar-refractivity contribution in [1.82, 2.24) is 0 Å². The van der Waals surface area contributed by atoms with Gasteiger partial charge >= 0.3 is 12.2 Å². The number of imide groups is 1. The number of urea groups is 1. The molecule has 0 spiro atoms. The van der Waals surface area contributed by atoms with Crippen LogP contribution in [0.15, 0.2) is 83.8 Å². The maximum absolute atomic E-state index is 13.0. The highest BCUT2D eigenvalue weighted by Crippen LogP contribution is 2.37. The molecule has 3 aromatic carbocycles. The van der Waals surface area contributed by atoms with Crippen LogP contribution in [-0.4, -0.2) is 23.1 Å². The third-order valence-corrected chi connectivity index (χ3v) is 6.12. The lowest BCUT2D eigenvalue weighted by molar-refractivity contribution is -0.137. The van der Waals surface area contributed by atoms with Gasteiger partial charge in [-0.2, -0.15) is 13.2 Å². The van der Waals surface area contributed by atoms with E-state index in [-0.39, 0.29) is 12.1 Å². The highest BCUT2D eigenvalue weighted by Gasteiger charge is 2.41. The van der Waals surface area contributed by atoms with Crippen molar-refractivity contribution < 1.29 is 27.6 Å². The number of halogens is 3. The molecule has 6 nitrogen and oxygen atoms in total. The number of thioether (sulfide) groups is 1. The van der Waals surface area contributed by atoms with E-state index in [1.165, 1.54) is 6.07 Å². The highest BCUT2D eigenvalue weighted by atomic mass is 32.2. The number of nitrogens with zero attached hydrogens (tertiary/aromatic N) is 1. The molecule has 1 aliphatic rings. The molecule has 0 saturated carbocycles. The van der Waals surface area contributed by atoms with Crippen LogP contribution in [-0.2, 0) is 15.8 Å². The summed E-state index contributed by atoms with van der Waals surface area (Å²) in [6, 6.07) is 19.3. The number of alkyl halides is 3. The molecule has 0 radical (unpaired) electrons. The molecule has 0 aromatic heterocycles. The van der Waals surface area contributed by atoms with Crippen molar-refractivity contribution in [3.8, 4) is 0 Å². The number of carbonyl (C=O) groups is 3. The molecular formula is C24H18F3N3O3S. The average Bonchev–Trinajstić information content (AvgIpc) is 3.06. The fourth-order valence-electron chi connectivity index (χ4n) is 3.42. The summed E-state index contributed by atoms with van der Waals surface area (Å²) >= 11 is 1.11. The Kier molecular flexibility index (Phi) is 6.60. The van der Waals surface area contributed by atoms with Gasteiger partial charge in [-0.25, -0.2) is 9.69 Å². The first-order chi connectivity index (χ1) is 16.2. The second kappa shape index (κ2) is 9.60. The largest absolute Gasteiger partial charge is 0.416 e. The van der Waals surface area contributed by atoms with Crippen LogP contribution in [0, 0.1) is 0 Å². The minimum atomic E-state index is -4.59. The molecule has 0 aliphatic carbocycles. The van der Waals surface area contributed by atoms with Gasteiger partial charge in [-0.15, -0.1) is 11.8 Å². The zero-order valence-corrected chi connectivity index (χ0v) is 18.3. The smallest absolute Gasteiger partial charge is 0.308 e. The Labute approximate surface area is 197 Å². The standard InChI is InChI=1S/C24H18F3N3O3S/c25-24(26,27)15-6-4-10-18(12-15)30-21(31)14-20(22(30)32)34-19-11-5-9-17(13-19)29-23(33)28-16-7-2-1-3-8-16/h1-13,20H,14H2,(H2,28,29,33)/t20-/m1/s1. The molecule has 4 amide bonds. The average molecular weight is 485 g/mol. The monoisotopic (exact) mass is 485 g/mol. The number of para-hydroxylation sites is 1. The lowest BCUT2D eigenvalue weighted by Gasteiger charge is -2.17. The van der Waals surface area contributed by atoms with Crippen LogP contribution in [0.4, 0.5) is 35.0 Å². The van der Waals surface area contributed by atoms with Crippen molar-refractivity contribution in [2.24, 2.45) is 0 Å². The van der Waals surface area contributed by atoms with Crippen molar-refractivity contribution in [3.05, 3.63) is 84.4 Å². The Morgan fingerprint density at radius 1 is 0.882 bits per heavy atom. The molecule has 34 heavy (non-hydrogen) atoms. The lowest BCUT2D eigenvalue weighted by atomic mass is 10.2. The van der Waals surface area contributed by atoms with E-state index in [2.05, 4.69) is 10.6 Å². The van der Waals surface area contributed by atoms with Crippen molar-refractivity contribution in [2.45, 2.75) is 22.7 Å². The molecule has 1 atom stereocenters. The fraction of sp³-hybridized carbons (Fsp3) is 0.125. The molecule has 3 aromatic rings. The minimum Gasteiger partial charge on any atom is -0.308 e. The molecule has 1 fully saturated rings. The number of benzene rings is 3. The number of rotatable bonds is 5. The van der Waals surface area contributed by atoms with E-state index < -0.39 is 34.8 Å². The second-order valence-corrected chi connectivity index (χ2v) is 8.68. The Hall–Kier alpha value is -3.79. The second-order valence-electron chi connectivity index (χ2n) is 7.40. The number of nitrogens with one attached hydrogen (secondary N) is 2. The minimum absolute atomic E-state index is 0.110. The first-order valence-electron chi connectivity index (χ1n) is 10.1. The predicted molar refractivity (Wildman–Crippen MR) is 124 cm³/mol. The summed E-state index contributed by atoms with van der Waals surface area (Å²) in [4.78, 5) is 39.0. The van der Waals surface area contributed by atoms with Gasteiger partial charge in [0.1, 0.15) is 0 Å². The molecule has 1 aliphatic heterocycles. The van der Waals surface area contributed by atoms with Gasteiger partial charge in [0.2, 0.25) is 11.8 Å². The third kappa shape index (κ3) is 5.40. The zero-order valence-electron chi connectivity index (χ0n) is 17.5. The van der Waals surface area contributed by atoms with E-state index in [0.717, 1.165) is 34.9 Å². The number of carbonyl (C=O) groups excluding carboxylic acids is 3. The fourth-order valence-corrected chi connectivity index (χ4v) is 4.53. The van der Waals surface area contributed by atoms with Gasteiger partial charge in [0.05, 0.1) is 16.5 Å². The molecule has 1 saturated heterocycles. The first kappa shape index (κ1) is 23.4. The first-order valence-corrected chi connectivity index (χ1v) is 11.0. The van der Waals surface area contributed by atoms with Crippen LogP contribution in [0.25, 0.3) is 0 Å². The van der Waals surface area contributed by atoms with Gasteiger partial charge < -0.3 is 10.6 Å². The van der Waals surface area contributed by atoms with Gasteiger partial charge in [-0.1, -0.05) is 30.3 Å². The Morgan fingerprint density at radius 2 is 1.56 bits per heavy atom. The summed E-state index contributed by atoms with van der Waals surface area (Å²) in [6.45, 7) is 0. The Morgan fingerprint density at radius 3 is 2.29 bits per heavy atom. The molecule has 0 unspecified atom stereocenters. The molecule has 10 heteroatoms. The van der Waals surface area contributed by atoms with E-state index in [4.69, 9.17) is 0 Å². The zero-order chi connectivity index (χ0) is 24.3. The molecular weight excluding hydrogens is 467 g/mol. The number of hydrogen-bond donors (Lipinski definition) is 2. The molecule has 0 bridgehead atoms. The summed E-state index contributed by atoms with van der Waals surface area (Å²) in [7, 11) is 0. The number of anilines is 3. The Balaban J connectivity index is 1.44. The van der Waals surface area contributed by atoms with Crippen molar-refractivity contribution in [1.29, 1.82) is 0 Å². The summed E-state index contributed by atoms with van der Waals surface area (Å²) in [5, 5.41) is 4.60. The van der Waals surface area contributed by atoms with Crippen LogP contribution in [0.2, 0.25) is 0 Å². The lowest BCUT2D eigenvalue weighted by Crippen LogP contribution is -2.31. The molecule has 2 N–H and O–H groups in total. The maximum Gasteiger partial charge on any atom is 0.416 e. The van der Waals surface area contributed by atoms with Crippen molar-refractivity contribution in [2.75, 3.05) is 15.5 Å². The molecule has 4 rings (SSSR count). The summed E-state index contributed by atoms with van der Waals surface area (Å²) in [6.07, 6.45) is -4.73. The van der Waals surface area contributed by atoms with Gasteiger partial charge in [-0.3, -0.25) is 9.59 Å². The SMILES string of the molecule is O=C(Nc1ccccc1)Nc1cccc(S[C@@H]2CC(=O)N(c3cccc(C(F)(F)F)c3)C2=O)c1. The van der Waals surface area contributed by atoms with Gasteiger partial charge in [0.25, 0.3) is 0 Å². The summed E-state index contributed by atoms with van der Waals surface area (Å²) in [5.74, 6) is -1.16. The van der Waals surface area contributed by atoms with Gasteiger partial charge in [0.15, 0.2) is 0 Å². The van der Waals surface area contributed by atoms with E-state index in [1.54, 1.807) is 48.5 Å². The van der Waals surface area contributed by atoms with Gasteiger partial charge in [0, 0.05) is 22.7 Å². The highest BCUT2D eigenvalue weighted by molar-refractivity contribution is 8.00. The quantitative estimate of drug-likeness (QED) is 0.450. The normalized spacial score (nSPS) is 16.0. The summed E-state index contributed by atoms with van der Waals surface area (Å²) in [5.41, 5.74) is 0.0513. The number of hydrogen-bond acceptors (Lipinski definition) is 4. The molecule has 174 valence electrons. The van der Waals surface area contributed by atoms with Crippen LogP contribution >= 0.6 is 11.8 Å². The predicted octanol–water partition coefficient (Wildman–Crippen LogP) is 5.77. The van der Waals surface area contributed by atoms with E-state index in [1.807, 2.05) is 6.07 Å². The van der Waals surface area contributed by atoms with Crippen molar-refractivity contribution in [3.63, 3.8) is 0 Å². The molecule has 1 heterocycles. The third-order valence-electron chi connectivity index (χ3n) is 4.94. The van der Waals surface area contributed by atoms with E-state index >= 15 is 0 Å². The number of amides is 4. The van der Waals surface area contributed by atoms with Gasteiger partial charge in [-0.05, 0) is 48.5 Å². The van der Waals surface area contributed by atoms with Crippen LogP contribution in [0.5, 0.6) is 0 Å². The Bertz CT molecular complexity index is 1230. The summed E-state index contributed by atoms with van der Waals surface area (Å²) < 4.78 is 39.1. The van der Waals surface area contributed by atoms with E-state index in [9.17, 15) is 27.6 Å². The topological polar surface area (TPSA) is 78.5 Å². The van der Waals surface area contributed by atoms with Crippen LogP contribution in [0.1, 0.15) is 12.0 Å². The maximum atomic E-state index is 13.0. The van der Waals surface area contributed by atoms with Crippen LogP contribution < -0.4 is 15.5 Å². The van der Waals surface area contributed by atoms with E-state index in [0.29, 0.717) is 16.3 Å². The van der Waals surface area contributed by atoms with Crippen LogP contribution in [0.3, 0.4) is 0 Å². The van der Waals surface area contributed by atoms with Crippen molar-refractivity contribution >= 4 is 46.7 Å².